The van der Waals surface area contributed by atoms with Crippen molar-refractivity contribution in [3.8, 4) is 5.75 Å². The molecule has 5 nitrogen and oxygen atoms in total. The molecule has 0 bridgehead atoms. The minimum absolute atomic E-state index is 0.0502. The highest BCUT2D eigenvalue weighted by molar-refractivity contribution is 5.68. The van der Waals surface area contributed by atoms with Gasteiger partial charge in [0.1, 0.15) is 16.9 Å². The van der Waals surface area contributed by atoms with Gasteiger partial charge in [0.15, 0.2) is 0 Å². The van der Waals surface area contributed by atoms with Crippen molar-refractivity contribution in [3.63, 3.8) is 0 Å². The number of ether oxygens (including phenoxy) is 2. The average Bonchev–Trinajstić information content (AvgIpc) is 2.52. The van der Waals surface area contributed by atoms with Gasteiger partial charge in [0, 0.05) is 25.5 Å². The normalized spacial score (nSPS) is 20.3. The van der Waals surface area contributed by atoms with Crippen LogP contribution in [0.2, 0.25) is 0 Å². The lowest BCUT2D eigenvalue weighted by atomic mass is 9.61. The van der Waals surface area contributed by atoms with Gasteiger partial charge in [0.2, 0.25) is 0 Å². The quantitative estimate of drug-likeness (QED) is 0.742. The second-order valence-corrected chi connectivity index (χ2v) is 8.49. The summed E-state index contributed by atoms with van der Waals surface area (Å²) in [7, 11) is 0. The number of alkyl halides is 3. The van der Waals surface area contributed by atoms with Crippen LogP contribution < -0.4 is 4.74 Å². The third-order valence-corrected chi connectivity index (χ3v) is 5.18. The first-order chi connectivity index (χ1) is 12.5. The Kier molecular flexibility index (Phi) is 5.03. The lowest BCUT2D eigenvalue weighted by molar-refractivity contribution is -0.140. The van der Waals surface area contributed by atoms with E-state index in [1.54, 1.807) is 4.90 Å². The van der Waals surface area contributed by atoms with E-state index in [4.69, 9.17) is 9.47 Å². The van der Waals surface area contributed by atoms with E-state index >= 15 is 0 Å². The van der Waals surface area contributed by atoms with E-state index in [1.807, 2.05) is 20.8 Å². The van der Waals surface area contributed by atoms with Crippen LogP contribution in [0, 0.1) is 5.41 Å². The van der Waals surface area contributed by atoms with Crippen LogP contribution in [-0.4, -0.2) is 40.8 Å². The monoisotopic (exact) mass is 386 g/mol. The molecule has 1 aliphatic heterocycles. The summed E-state index contributed by atoms with van der Waals surface area (Å²) in [4.78, 5) is 17.4. The van der Waals surface area contributed by atoms with Crippen LogP contribution in [0.1, 0.15) is 52.0 Å². The Morgan fingerprint density at radius 3 is 2.41 bits per heavy atom. The first kappa shape index (κ1) is 19.8. The molecule has 1 amide bonds. The number of hydrogen-bond acceptors (Lipinski definition) is 4. The molecule has 1 spiro atoms. The number of nitrogens with zero attached hydrogens (tertiary/aromatic N) is 2. The summed E-state index contributed by atoms with van der Waals surface area (Å²) in [5.41, 5.74) is -1.32. The molecule has 8 heteroatoms. The lowest BCUT2D eigenvalue weighted by Gasteiger charge is -2.51. The van der Waals surface area contributed by atoms with Gasteiger partial charge in [-0.05, 0) is 57.9 Å². The van der Waals surface area contributed by atoms with Crippen LogP contribution in [0.15, 0.2) is 18.5 Å². The highest BCUT2D eigenvalue weighted by atomic mass is 19.4. The highest BCUT2D eigenvalue weighted by Gasteiger charge is 2.48. The molecule has 0 aromatic carbocycles. The molecule has 3 rings (SSSR count). The minimum atomic E-state index is -4.48. The van der Waals surface area contributed by atoms with Crippen LogP contribution in [0.5, 0.6) is 5.75 Å². The van der Waals surface area contributed by atoms with Crippen molar-refractivity contribution in [1.82, 2.24) is 9.88 Å². The summed E-state index contributed by atoms with van der Waals surface area (Å²) in [6.45, 7) is 6.70. The fourth-order valence-electron chi connectivity index (χ4n) is 3.76. The molecule has 0 radical (unpaired) electrons. The molecule has 0 atom stereocenters. The molecule has 150 valence electrons. The van der Waals surface area contributed by atoms with Gasteiger partial charge in [0.05, 0.1) is 6.10 Å². The van der Waals surface area contributed by atoms with E-state index in [-0.39, 0.29) is 23.4 Å². The number of rotatable bonds is 2. The SMILES string of the molecule is CC(C)(C)OC(=O)N1CCC2(CC1)CC(Oc1ccncc1C(F)(F)F)C2. The van der Waals surface area contributed by atoms with Crippen molar-refractivity contribution >= 4 is 6.09 Å². The van der Waals surface area contributed by atoms with Crippen molar-refractivity contribution in [2.75, 3.05) is 13.1 Å². The molecule has 1 aromatic rings. The maximum Gasteiger partial charge on any atom is 0.421 e. The summed E-state index contributed by atoms with van der Waals surface area (Å²) < 4.78 is 50.1. The molecule has 1 aromatic heterocycles. The number of piperidine rings is 1. The predicted molar refractivity (Wildman–Crippen MR) is 92.4 cm³/mol. The summed E-state index contributed by atoms with van der Waals surface area (Å²) >= 11 is 0. The summed E-state index contributed by atoms with van der Waals surface area (Å²) in [5, 5.41) is 0. The van der Waals surface area contributed by atoms with Gasteiger partial charge in [-0.25, -0.2) is 4.79 Å². The van der Waals surface area contributed by atoms with E-state index in [1.165, 1.54) is 12.3 Å². The largest absolute Gasteiger partial charge is 0.490 e. The minimum Gasteiger partial charge on any atom is -0.490 e. The smallest absolute Gasteiger partial charge is 0.421 e. The van der Waals surface area contributed by atoms with Crippen LogP contribution >= 0.6 is 0 Å². The number of pyridine rings is 1. The van der Waals surface area contributed by atoms with E-state index < -0.39 is 17.3 Å². The standard InChI is InChI=1S/C19H25F3N2O3/c1-17(2,3)27-16(25)24-8-5-18(6-9-24)10-13(11-18)26-15-4-7-23-12-14(15)19(20,21)22/h4,7,12-13H,5-6,8-11H2,1-3H3. The lowest BCUT2D eigenvalue weighted by Crippen LogP contribution is -2.52. The van der Waals surface area contributed by atoms with Gasteiger partial charge >= 0.3 is 12.3 Å². The van der Waals surface area contributed by atoms with Crippen LogP contribution in [0.25, 0.3) is 0 Å². The maximum absolute atomic E-state index is 13.0. The fourth-order valence-corrected chi connectivity index (χ4v) is 3.76. The van der Waals surface area contributed by atoms with E-state index in [9.17, 15) is 18.0 Å². The molecular weight excluding hydrogens is 361 g/mol. The van der Waals surface area contributed by atoms with Gasteiger partial charge in [-0.2, -0.15) is 13.2 Å². The molecule has 0 unspecified atom stereocenters. The van der Waals surface area contributed by atoms with Crippen molar-refractivity contribution in [1.29, 1.82) is 0 Å². The first-order valence-electron chi connectivity index (χ1n) is 9.13. The van der Waals surface area contributed by atoms with Gasteiger partial charge in [-0.3, -0.25) is 4.98 Å². The molecule has 2 aliphatic rings. The Bertz CT molecular complexity index is 684. The van der Waals surface area contributed by atoms with Gasteiger partial charge in [-0.15, -0.1) is 0 Å². The molecule has 2 heterocycles. The van der Waals surface area contributed by atoms with Gasteiger partial charge < -0.3 is 14.4 Å². The highest BCUT2D eigenvalue weighted by Crippen LogP contribution is 2.51. The van der Waals surface area contributed by atoms with Crippen molar-refractivity contribution in [3.05, 3.63) is 24.0 Å². The van der Waals surface area contributed by atoms with Crippen molar-refractivity contribution < 1.29 is 27.4 Å². The summed E-state index contributed by atoms with van der Waals surface area (Å²) in [6.07, 6.45) is 0.107. The van der Waals surface area contributed by atoms with Gasteiger partial charge in [0.25, 0.3) is 0 Å². The number of hydrogen-bond donors (Lipinski definition) is 0. The summed E-state index contributed by atoms with van der Waals surface area (Å²) in [5.74, 6) is -0.163. The Morgan fingerprint density at radius 2 is 1.85 bits per heavy atom. The third kappa shape index (κ3) is 4.65. The molecule has 1 aliphatic carbocycles. The molecule has 2 fully saturated rings. The van der Waals surface area contributed by atoms with Gasteiger partial charge in [-0.1, -0.05) is 0 Å². The van der Waals surface area contributed by atoms with E-state index in [0.717, 1.165) is 19.0 Å². The Hall–Kier alpha value is -1.99. The topological polar surface area (TPSA) is 51.7 Å². The number of aromatic nitrogens is 1. The van der Waals surface area contributed by atoms with Crippen LogP contribution in [-0.2, 0) is 10.9 Å². The molecule has 0 N–H and O–H groups in total. The molecule has 1 saturated heterocycles. The fraction of sp³-hybridized carbons (Fsp3) is 0.684. The number of carbonyl (C=O) groups excluding carboxylic acids is 1. The zero-order valence-corrected chi connectivity index (χ0v) is 15.8. The zero-order chi connectivity index (χ0) is 19.9. The Morgan fingerprint density at radius 1 is 1.22 bits per heavy atom. The Balaban J connectivity index is 1.52. The number of amides is 1. The second-order valence-electron chi connectivity index (χ2n) is 8.49. The van der Waals surface area contributed by atoms with Crippen LogP contribution in [0.4, 0.5) is 18.0 Å². The molecular formula is C19H25F3N2O3. The van der Waals surface area contributed by atoms with Crippen LogP contribution in [0.3, 0.4) is 0 Å². The first-order valence-corrected chi connectivity index (χ1v) is 9.13. The number of halogens is 3. The summed E-state index contributed by atoms with van der Waals surface area (Å²) in [6, 6.07) is 1.26. The van der Waals surface area contributed by atoms with Crippen molar-refractivity contribution in [2.45, 2.75) is 64.3 Å². The predicted octanol–water partition coefficient (Wildman–Crippen LogP) is 4.66. The average molecular weight is 386 g/mol. The number of carbonyl (C=O) groups is 1. The second kappa shape index (κ2) is 6.87. The molecule has 1 saturated carbocycles. The van der Waals surface area contributed by atoms with Crippen molar-refractivity contribution in [2.24, 2.45) is 5.41 Å². The van der Waals surface area contributed by atoms with E-state index in [0.29, 0.717) is 25.9 Å². The molecule has 27 heavy (non-hydrogen) atoms. The zero-order valence-electron chi connectivity index (χ0n) is 15.8. The number of likely N-dealkylation sites (tertiary alicyclic amines) is 1. The third-order valence-electron chi connectivity index (χ3n) is 5.18. The maximum atomic E-state index is 13.0. The van der Waals surface area contributed by atoms with E-state index in [2.05, 4.69) is 4.98 Å². The Labute approximate surface area is 156 Å².